The van der Waals surface area contributed by atoms with Crippen molar-refractivity contribution in [3.8, 4) is 0 Å². The summed E-state index contributed by atoms with van der Waals surface area (Å²) in [5.41, 5.74) is 2.40. The smallest absolute Gasteiger partial charge is 0.278 e. The summed E-state index contributed by atoms with van der Waals surface area (Å²) in [7, 11) is 0. The van der Waals surface area contributed by atoms with E-state index in [4.69, 9.17) is 0 Å². The summed E-state index contributed by atoms with van der Waals surface area (Å²) in [5, 5.41) is 2.10. The SMILES string of the molecule is CC(=O)NC(=O)N1C(=O)Cc2cc(C)ccc21. The van der Waals surface area contributed by atoms with Gasteiger partial charge in [0.05, 0.1) is 12.1 Å². The third-order valence-electron chi connectivity index (χ3n) is 2.55. The van der Waals surface area contributed by atoms with E-state index < -0.39 is 11.9 Å². The molecule has 5 nitrogen and oxygen atoms in total. The van der Waals surface area contributed by atoms with Crippen LogP contribution in [0, 0.1) is 6.92 Å². The Balaban J connectivity index is 2.35. The maximum absolute atomic E-state index is 11.7. The number of fused-ring (bicyclic) bond motifs is 1. The number of aryl methyl sites for hydroxylation is 1. The lowest BCUT2D eigenvalue weighted by Crippen LogP contribution is -2.43. The molecule has 0 unspecified atom stereocenters. The zero-order valence-corrected chi connectivity index (χ0v) is 9.61. The summed E-state index contributed by atoms with van der Waals surface area (Å²) < 4.78 is 0. The van der Waals surface area contributed by atoms with Crippen LogP contribution in [0.3, 0.4) is 0 Å². The van der Waals surface area contributed by atoms with E-state index in [1.807, 2.05) is 19.1 Å². The summed E-state index contributed by atoms with van der Waals surface area (Å²) in [5.74, 6) is -0.798. The lowest BCUT2D eigenvalue weighted by Gasteiger charge is -2.15. The molecular weight excluding hydrogens is 220 g/mol. The first-order valence-corrected chi connectivity index (χ1v) is 5.23. The third-order valence-corrected chi connectivity index (χ3v) is 2.55. The molecule has 0 saturated carbocycles. The largest absolute Gasteiger partial charge is 0.335 e. The molecule has 0 aromatic heterocycles. The predicted octanol–water partition coefficient (Wildman–Crippen LogP) is 1.14. The molecule has 0 spiro atoms. The summed E-state index contributed by atoms with van der Waals surface area (Å²) in [6.07, 6.45) is 0.197. The minimum absolute atomic E-state index is 0.197. The van der Waals surface area contributed by atoms with Crippen molar-refractivity contribution >= 4 is 23.5 Å². The quantitative estimate of drug-likeness (QED) is 0.729. The number of benzene rings is 1. The Hall–Kier alpha value is -2.17. The minimum Gasteiger partial charge on any atom is -0.278 e. The zero-order chi connectivity index (χ0) is 12.6. The van der Waals surface area contributed by atoms with Crippen molar-refractivity contribution in [3.05, 3.63) is 29.3 Å². The van der Waals surface area contributed by atoms with Gasteiger partial charge in [0.15, 0.2) is 0 Å². The van der Waals surface area contributed by atoms with Gasteiger partial charge in [0, 0.05) is 6.92 Å². The number of anilines is 1. The Morgan fingerprint density at radius 1 is 1.35 bits per heavy atom. The van der Waals surface area contributed by atoms with Gasteiger partial charge in [-0.05, 0) is 18.6 Å². The Morgan fingerprint density at radius 3 is 2.71 bits per heavy atom. The van der Waals surface area contributed by atoms with Gasteiger partial charge in [-0.1, -0.05) is 17.7 Å². The van der Waals surface area contributed by atoms with Crippen molar-refractivity contribution in [3.63, 3.8) is 0 Å². The Morgan fingerprint density at radius 2 is 2.06 bits per heavy atom. The number of carbonyl (C=O) groups is 3. The number of nitrogens with zero attached hydrogens (tertiary/aromatic N) is 1. The van der Waals surface area contributed by atoms with Crippen LogP contribution < -0.4 is 10.2 Å². The molecule has 1 heterocycles. The van der Waals surface area contributed by atoms with Gasteiger partial charge in [-0.25, -0.2) is 9.69 Å². The van der Waals surface area contributed by atoms with Crippen LogP contribution in [-0.4, -0.2) is 17.8 Å². The van der Waals surface area contributed by atoms with Gasteiger partial charge in [-0.15, -0.1) is 0 Å². The first kappa shape index (κ1) is 11.3. The molecule has 1 aromatic rings. The number of amides is 4. The van der Waals surface area contributed by atoms with Crippen LogP contribution in [0.4, 0.5) is 10.5 Å². The molecular formula is C12H12N2O3. The number of rotatable bonds is 0. The molecule has 0 saturated heterocycles. The third kappa shape index (κ3) is 2.04. The molecule has 5 heteroatoms. The summed E-state index contributed by atoms with van der Waals surface area (Å²) in [4.78, 5) is 35.2. The van der Waals surface area contributed by atoms with Crippen molar-refractivity contribution in [2.24, 2.45) is 0 Å². The average molecular weight is 232 g/mol. The van der Waals surface area contributed by atoms with E-state index in [1.165, 1.54) is 6.92 Å². The highest BCUT2D eigenvalue weighted by Crippen LogP contribution is 2.29. The lowest BCUT2D eigenvalue weighted by atomic mass is 10.1. The molecule has 17 heavy (non-hydrogen) atoms. The van der Waals surface area contributed by atoms with E-state index in [0.29, 0.717) is 5.69 Å². The van der Waals surface area contributed by atoms with Crippen LogP contribution >= 0.6 is 0 Å². The number of nitrogens with one attached hydrogen (secondary N) is 1. The highest BCUT2D eigenvalue weighted by molar-refractivity contribution is 6.21. The van der Waals surface area contributed by atoms with Gasteiger partial charge >= 0.3 is 6.03 Å². The van der Waals surface area contributed by atoms with E-state index in [1.54, 1.807) is 6.07 Å². The fourth-order valence-corrected chi connectivity index (χ4v) is 1.88. The fraction of sp³-hybridized carbons (Fsp3) is 0.250. The van der Waals surface area contributed by atoms with Gasteiger partial charge in [0.1, 0.15) is 0 Å². The number of hydrogen-bond acceptors (Lipinski definition) is 3. The van der Waals surface area contributed by atoms with Gasteiger partial charge < -0.3 is 0 Å². The Labute approximate surface area is 98.4 Å². The van der Waals surface area contributed by atoms with E-state index in [2.05, 4.69) is 5.32 Å². The molecule has 0 bridgehead atoms. The summed E-state index contributed by atoms with van der Waals surface area (Å²) in [6, 6.07) is 4.72. The highest BCUT2D eigenvalue weighted by Gasteiger charge is 2.32. The van der Waals surface area contributed by atoms with Crippen LogP contribution in [0.1, 0.15) is 18.1 Å². The monoisotopic (exact) mass is 232 g/mol. The Bertz CT molecular complexity index is 522. The number of carbonyl (C=O) groups excluding carboxylic acids is 3. The van der Waals surface area contributed by atoms with E-state index in [-0.39, 0.29) is 12.3 Å². The summed E-state index contributed by atoms with van der Waals surface area (Å²) in [6.45, 7) is 3.15. The number of urea groups is 1. The van der Waals surface area contributed by atoms with Crippen LogP contribution in [0.15, 0.2) is 18.2 Å². The lowest BCUT2D eigenvalue weighted by molar-refractivity contribution is -0.117. The minimum atomic E-state index is -0.690. The zero-order valence-electron chi connectivity index (χ0n) is 9.61. The van der Waals surface area contributed by atoms with Crippen molar-refractivity contribution in [1.82, 2.24) is 5.32 Å². The molecule has 0 fully saturated rings. The molecule has 2 rings (SSSR count). The number of hydrogen-bond donors (Lipinski definition) is 1. The molecule has 1 aromatic carbocycles. The molecule has 0 aliphatic carbocycles. The van der Waals surface area contributed by atoms with Gasteiger partial charge in [-0.2, -0.15) is 0 Å². The van der Waals surface area contributed by atoms with Crippen LogP contribution in [0.2, 0.25) is 0 Å². The number of imide groups is 2. The second-order valence-electron chi connectivity index (χ2n) is 4.02. The second kappa shape index (κ2) is 4.01. The van der Waals surface area contributed by atoms with Crippen molar-refractivity contribution in [2.45, 2.75) is 20.3 Å². The topological polar surface area (TPSA) is 66.5 Å². The molecule has 1 aliphatic rings. The molecule has 1 N–H and O–H groups in total. The van der Waals surface area contributed by atoms with E-state index in [0.717, 1.165) is 16.0 Å². The van der Waals surface area contributed by atoms with Crippen molar-refractivity contribution in [2.75, 3.05) is 4.90 Å². The normalized spacial score (nSPS) is 13.5. The molecule has 4 amide bonds. The molecule has 88 valence electrons. The predicted molar refractivity (Wildman–Crippen MR) is 61.6 cm³/mol. The van der Waals surface area contributed by atoms with Gasteiger partial charge in [0.25, 0.3) is 0 Å². The molecule has 0 atom stereocenters. The highest BCUT2D eigenvalue weighted by atomic mass is 16.2. The Kier molecular flexibility index (Phi) is 2.67. The van der Waals surface area contributed by atoms with E-state index >= 15 is 0 Å². The van der Waals surface area contributed by atoms with Crippen molar-refractivity contribution in [1.29, 1.82) is 0 Å². The van der Waals surface area contributed by atoms with Gasteiger partial charge in [0.2, 0.25) is 11.8 Å². The first-order valence-electron chi connectivity index (χ1n) is 5.23. The molecule has 0 radical (unpaired) electrons. The maximum Gasteiger partial charge on any atom is 0.335 e. The molecule has 1 aliphatic heterocycles. The first-order chi connectivity index (χ1) is 7.99. The van der Waals surface area contributed by atoms with Crippen molar-refractivity contribution < 1.29 is 14.4 Å². The van der Waals surface area contributed by atoms with Crippen LogP contribution in [0.25, 0.3) is 0 Å². The van der Waals surface area contributed by atoms with Crippen LogP contribution in [-0.2, 0) is 16.0 Å². The van der Waals surface area contributed by atoms with Gasteiger partial charge in [-0.3, -0.25) is 14.9 Å². The fourth-order valence-electron chi connectivity index (χ4n) is 1.88. The van der Waals surface area contributed by atoms with E-state index in [9.17, 15) is 14.4 Å². The van der Waals surface area contributed by atoms with Crippen LogP contribution in [0.5, 0.6) is 0 Å². The maximum atomic E-state index is 11.7. The summed E-state index contributed by atoms with van der Waals surface area (Å²) >= 11 is 0. The average Bonchev–Trinajstić information content (AvgIpc) is 2.51. The standard InChI is InChI=1S/C12H12N2O3/c1-7-3-4-10-9(5-7)6-11(16)14(10)12(17)13-8(2)15/h3-5H,6H2,1-2H3,(H,13,15,17). The second-order valence-corrected chi connectivity index (χ2v) is 4.02.